The Hall–Kier alpha value is -0.570. The highest BCUT2D eigenvalue weighted by Crippen LogP contribution is 1.43. The standard InChI is InChI=1S/C2H5NO2.C/c3-1-2(4)5;/h1,3H2,(H,4,5);. The Balaban J connectivity index is 0. The summed E-state index contributed by atoms with van der Waals surface area (Å²) in [6, 6.07) is 0. The van der Waals surface area contributed by atoms with Crippen molar-refractivity contribution < 1.29 is 9.90 Å². The van der Waals surface area contributed by atoms with Crippen LogP contribution in [0.2, 0.25) is 0 Å². The van der Waals surface area contributed by atoms with Crippen LogP contribution in [0.1, 0.15) is 0 Å². The second kappa shape index (κ2) is 4.43. The van der Waals surface area contributed by atoms with E-state index in [0.29, 0.717) is 0 Å². The molecule has 0 spiro atoms. The molecule has 0 heterocycles. The monoisotopic (exact) mass is 87.0 g/mol. The summed E-state index contributed by atoms with van der Waals surface area (Å²) in [4.78, 5) is 9.24. The Morgan fingerprint density at radius 2 is 2.00 bits per heavy atom. The second-order valence-corrected chi connectivity index (χ2v) is 0.598. The molecule has 0 aromatic rings. The summed E-state index contributed by atoms with van der Waals surface area (Å²) in [5, 5.41) is 7.60. The van der Waals surface area contributed by atoms with Crippen LogP contribution in [0.4, 0.5) is 0 Å². The van der Waals surface area contributed by atoms with Gasteiger partial charge in [-0.05, 0) is 0 Å². The van der Waals surface area contributed by atoms with E-state index in [9.17, 15) is 4.79 Å². The molecule has 0 saturated carbocycles. The summed E-state index contributed by atoms with van der Waals surface area (Å²) in [6.45, 7) is -0.278. The summed E-state index contributed by atoms with van der Waals surface area (Å²) in [6.07, 6.45) is 0. The van der Waals surface area contributed by atoms with Crippen LogP contribution >= 0.6 is 0 Å². The van der Waals surface area contributed by atoms with Gasteiger partial charge in [-0.1, -0.05) is 0 Å². The number of carbonyl (C=O) groups is 1. The topological polar surface area (TPSA) is 63.3 Å². The van der Waals surface area contributed by atoms with E-state index in [1.165, 1.54) is 0 Å². The number of aliphatic carboxylic acids is 1. The van der Waals surface area contributed by atoms with Crippen molar-refractivity contribution in [2.75, 3.05) is 6.54 Å². The molecule has 3 N–H and O–H groups in total. The van der Waals surface area contributed by atoms with Crippen molar-refractivity contribution in [3.8, 4) is 0 Å². The van der Waals surface area contributed by atoms with Gasteiger partial charge in [-0.15, -0.1) is 0 Å². The van der Waals surface area contributed by atoms with Crippen LogP contribution in [0.5, 0.6) is 0 Å². The van der Waals surface area contributed by atoms with Crippen molar-refractivity contribution in [2.24, 2.45) is 5.73 Å². The van der Waals surface area contributed by atoms with Gasteiger partial charge in [-0.25, -0.2) is 0 Å². The SMILES string of the molecule is NCC(=O)O.[C]. The number of carboxylic acids is 1. The molecular weight excluding hydrogens is 82.0 g/mol. The van der Waals surface area contributed by atoms with Crippen molar-refractivity contribution >= 4 is 5.97 Å². The van der Waals surface area contributed by atoms with Gasteiger partial charge in [0.05, 0.1) is 6.54 Å². The maximum absolute atomic E-state index is 9.24. The molecule has 0 aliphatic heterocycles. The highest BCUT2D eigenvalue weighted by molar-refractivity contribution is 5.68. The molecule has 0 amide bonds. The number of hydrogen-bond donors (Lipinski definition) is 2. The maximum Gasteiger partial charge on any atom is 0.317 e. The quantitative estimate of drug-likeness (QED) is 0.436. The molecule has 0 aromatic heterocycles. The number of rotatable bonds is 1. The highest BCUT2D eigenvalue weighted by Gasteiger charge is 1.81. The third kappa shape index (κ3) is 9.90. The summed E-state index contributed by atoms with van der Waals surface area (Å²) >= 11 is 0. The minimum atomic E-state index is -0.968. The van der Waals surface area contributed by atoms with Crippen molar-refractivity contribution in [3.63, 3.8) is 0 Å². The molecule has 0 atom stereocenters. The molecule has 0 bridgehead atoms. The van der Waals surface area contributed by atoms with E-state index >= 15 is 0 Å². The minimum Gasteiger partial charge on any atom is -0.480 e. The molecule has 3 heteroatoms. The highest BCUT2D eigenvalue weighted by atomic mass is 16.4. The van der Waals surface area contributed by atoms with Crippen molar-refractivity contribution in [3.05, 3.63) is 7.43 Å². The molecular formula is C3H5NO2. The molecule has 3 nitrogen and oxygen atoms in total. The smallest absolute Gasteiger partial charge is 0.317 e. The zero-order valence-electron chi connectivity index (χ0n) is 3.14. The predicted octanol–water partition coefficient (Wildman–Crippen LogP) is -0.889. The van der Waals surface area contributed by atoms with Crippen LogP contribution in [0.3, 0.4) is 0 Å². The van der Waals surface area contributed by atoms with E-state index in [0.717, 1.165) is 0 Å². The fraction of sp³-hybridized carbons (Fsp3) is 0.333. The molecule has 0 fully saturated rings. The first-order valence-corrected chi connectivity index (χ1v) is 1.19. The largest absolute Gasteiger partial charge is 0.480 e. The first-order valence-electron chi connectivity index (χ1n) is 1.19. The van der Waals surface area contributed by atoms with Gasteiger partial charge in [-0.3, -0.25) is 4.79 Å². The minimum absolute atomic E-state index is 0. The average Bonchev–Trinajstić information content (AvgIpc) is 1.38. The van der Waals surface area contributed by atoms with Crippen LogP contribution < -0.4 is 5.73 Å². The lowest BCUT2D eigenvalue weighted by Crippen LogP contribution is -2.10. The first kappa shape index (κ1) is 9.06. The molecule has 34 valence electrons. The van der Waals surface area contributed by atoms with Crippen LogP contribution in [-0.4, -0.2) is 17.6 Å². The molecule has 0 unspecified atom stereocenters. The van der Waals surface area contributed by atoms with E-state index < -0.39 is 5.97 Å². The molecule has 0 aliphatic carbocycles. The third-order valence-electron chi connectivity index (χ3n) is 0.175. The summed E-state index contributed by atoms with van der Waals surface area (Å²) in [5.74, 6) is -0.968. The van der Waals surface area contributed by atoms with Gasteiger partial charge in [0.2, 0.25) is 0 Å². The predicted molar refractivity (Wildman–Crippen MR) is 19.9 cm³/mol. The third-order valence-corrected chi connectivity index (χ3v) is 0.175. The summed E-state index contributed by atoms with van der Waals surface area (Å²) in [5.41, 5.74) is 4.57. The Kier molecular flexibility index (Phi) is 6.69. The van der Waals surface area contributed by atoms with Crippen LogP contribution in [0.15, 0.2) is 0 Å². The number of hydrogen-bond acceptors (Lipinski definition) is 2. The normalized spacial score (nSPS) is 6.17. The Morgan fingerprint density at radius 3 is 2.00 bits per heavy atom. The van der Waals surface area contributed by atoms with Gasteiger partial charge in [0.15, 0.2) is 0 Å². The van der Waals surface area contributed by atoms with Crippen LogP contribution in [0.25, 0.3) is 0 Å². The lowest BCUT2D eigenvalue weighted by molar-refractivity contribution is -0.135. The summed E-state index contributed by atoms with van der Waals surface area (Å²) < 4.78 is 0. The van der Waals surface area contributed by atoms with Gasteiger partial charge < -0.3 is 10.8 Å². The van der Waals surface area contributed by atoms with Crippen molar-refractivity contribution in [2.45, 2.75) is 0 Å². The zero-order chi connectivity index (χ0) is 4.28. The van der Waals surface area contributed by atoms with Crippen LogP contribution in [-0.2, 0) is 4.79 Å². The lowest BCUT2D eigenvalue weighted by Gasteiger charge is -1.73. The Bertz CT molecular complexity index is 44.1. The molecule has 0 saturated heterocycles. The second-order valence-electron chi connectivity index (χ2n) is 0.598. The lowest BCUT2D eigenvalue weighted by atomic mass is 10.7. The number of carboxylic acid groups (broad SMARTS) is 1. The fourth-order valence-electron chi connectivity index (χ4n) is 0. The molecule has 0 rings (SSSR count). The van der Waals surface area contributed by atoms with Gasteiger partial charge >= 0.3 is 5.97 Å². The molecule has 0 aliphatic rings. The Labute approximate surface area is 36.8 Å². The molecule has 4 radical (unpaired) electrons. The van der Waals surface area contributed by atoms with Crippen molar-refractivity contribution in [1.82, 2.24) is 0 Å². The zero-order valence-corrected chi connectivity index (χ0v) is 3.14. The van der Waals surface area contributed by atoms with Gasteiger partial charge in [-0.2, -0.15) is 0 Å². The van der Waals surface area contributed by atoms with Gasteiger partial charge in [0.1, 0.15) is 0 Å². The van der Waals surface area contributed by atoms with E-state index in [4.69, 9.17) is 5.11 Å². The molecule has 0 aromatic carbocycles. The van der Waals surface area contributed by atoms with E-state index in [1.807, 2.05) is 0 Å². The maximum atomic E-state index is 9.24. The van der Waals surface area contributed by atoms with Crippen molar-refractivity contribution in [1.29, 1.82) is 0 Å². The number of nitrogens with two attached hydrogens (primary N) is 1. The van der Waals surface area contributed by atoms with Gasteiger partial charge in [0, 0.05) is 7.43 Å². The average molecular weight is 87.1 g/mol. The van der Waals surface area contributed by atoms with E-state index in [2.05, 4.69) is 5.73 Å². The van der Waals surface area contributed by atoms with Crippen LogP contribution in [0, 0.1) is 7.43 Å². The fourth-order valence-corrected chi connectivity index (χ4v) is 0. The Morgan fingerprint density at radius 1 is 1.83 bits per heavy atom. The summed E-state index contributed by atoms with van der Waals surface area (Å²) in [7, 11) is 0. The van der Waals surface area contributed by atoms with E-state index in [1.54, 1.807) is 0 Å². The van der Waals surface area contributed by atoms with E-state index in [-0.39, 0.29) is 14.0 Å². The first-order chi connectivity index (χ1) is 2.27. The van der Waals surface area contributed by atoms with Gasteiger partial charge in [0.25, 0.3) is 0 Å². The molecule has 6 heavy (non-hydrogen) atoms.